The standard InChI is InChI=1S/C10H19N5O2S/c1-11-7-9-8-12-13-10(9)18(16,17)15-5-3-14(2)4-6-15/h8,11H,3-7H2,1-2H3,(H,12,13). The van der Waals surface area contributed by atoms with Crippen LogP contribution in [0.1, 0.15) is 5.56 Å². The quantitative estimate of drug-likeness (QED) is 0.740. The summed E-state index contributed by atoms with van der Waals surface area (Å²) in [5, 5.41) is 9.59. The molecule has 0 spiro atoms. The number of hydrogen-bond acceptors (Lipinski definition) is 5. The number of sulfonamides is 1. The summed E-state index contributed by atoms with van der Waals surface area (Å²) >= 11 is 0. The van der Waals surface area contributed by atoms with Crippen LogP contribution in [-0.2, 0) is 16.6 Å². The zero-order valence-corrected chi connectivity index (χ0v) is 11.5. The summed E-state index contributed by atoms with van der Waals surface area (Å²) in [6.45, 7) is 3.05. The first-order valence-electron chi connectivity index (χ1n) is 5.91. The molecule has 0 aromatic carbocycles. The van der Waals surface area contributed by atoms with Gasteiger partial charge in [0, 0.05) is 38.3 Å². The van der Waals surface area contributed by atoms with E-state index in [0.717, 1.165) is 13.1 Å². The number of likely N-dealkylation sites (N-methyl/N-ethyl adjacent to an activating group) is 1. The normalized spacial score (nSPS) is 19.2. The average Bonchev–Trinajstić information content (AvgIpc) is 2.79. The maximum absolute atomic E-state index is 12.5. The Morgan fingerprint density at radius 3 is 2.67 bits per heavy atom. The highest BCUT2D eigenvalue weighted by Gasteiger charge is 2.30. The summed E-state index contributed by atoms with van der Waals surface area (Å²) < 4.78 is 26.4. The van der Waals surface area contributed by atoms with Crippen molar-refractivity contribution in [1.29, 1.82) is 0 Å². The van der Waals surface area contributed by atoms with Crippen molar-refractivity contribution in [3.05, 3.63) is 11.8 Å². The van der Waals surface area contributed by atoms with Crippen molar-refractivity contribution in [1.82, 2.24) is 24.7 Å². The lowest BCUT2D eigenvalue weighted by molar-refractivity contribution is 0.222. The minimum absolute atomic E-state index is 0.210. The van der Waals surface area contributed by atoms with Crippen molar-refractivity contribution in [2.45, 2.75) is 11.6 Å². The van der Waals surface area contributed by atoms with Gasteiger partial charge in [-0.15, -0.1) is 0 Å². The monoisotopic (exact) mass is 273 g/mol. The van der Waals surface area contributed by atoms with Crippen molar-refractivity contribution < 1.29 is 8.42 Å². The van der Waals surface area contributed by atoms with E-state index in [1.807, 2.05) is 7.05 Å². The van der Waals surface area contributed by atoms with Crippen LogP contribution in [0.3, 0.4) is 0 Å². The van der Waals surface area contributed by atoms with E-state index >= 15 is 0 Å². The molecule has 2 N–H and O–H groups in total. The Kier molecular flexibility index (Phi) is 4.00. The average molecular weight is 273 g/mol. The van der Waals surface area contributed by atoms with Crippen LogP contribution in [0.25, 0.3) is 0 Å². The topological polar surface area (TPSA) is 81.3 Å². The van der Waals surface area contributed by atoms with Gasteiger partial charge in [-0.2, -0.15) is 9.40 Å². The van der Waals surface area contributed by atoms with Crippen molar-refractivity contribution in [3.63, 3.8) is 0 Å². The first kappa shape index (κ1) is 13.5. The van der Waals surface area contributed by atoms with Crippen LogP contribution >= 0.6 is 0 Å². The van der Waals surface area contributed by atoms with Crippen LogP contribution in [0.2, 0.25) is 0 Å². The van der Waals surface area contributed by atoms with Crippen molar-refractivity contribution in [2.75, 3.05) is 40.3 Å². The predicted molar refractivity (Wildman–Crippen MR) is 67.6 cm³/mol. The van der Waals surface area contributed by atoms with Crippen LogP contribution in [0.4, 0.5) is 0 Å². The molecule has 0 unspecified atom stereocenters. The highest BCUT2D eigenvalue weighted by molar-refractivity contribution is 7.89. The van der Waals surface area contributed by atoms with Crippen LogP contribution in [0.5, 0.6) is 0 Å². The fraction of sp³-hybridized carbons (Fsp3) is 0.700. The van der Waals surface area contributed by atoms with Gasteiger partial charge in [-0.3, -0.25) is 5.10 Å². The van der Waals surface area contributed by atoms with Gasteiger partial charge in [-0.25, -0.2) is 8.42 Å². The first-order chi connectivity index (χ1) is 8.55. The van der Waals surface area contributed by atoms with E-state index in [-0.39, 0.29) is 5.03 Å². The molecule has 0 amide bonds. The van der Waals surface area contributed by atoms with E-state index in [4.69, 9.17) is 0 Å². The Morgan fingerprint density at radius 2 is 2.06 bits per heavy atom. The Labute approximate surface area is 107 Å². The third-order valence-electron chi connectivity index (χ3n) is 3.11. The molecule has 1 aromatic heterocycles. The zero-order chi connectivity index (χ0) is 13.2. The molecule has 2 rings (SSSR count). The largest absolute Gasteiger partial charge is 0.316 e. The molecule has 102 valence electrons. The molecule has 1 aliphatic rings. The fourth-order valence-corrected chi connectivity index (χ4v) is 3.52. The van der Waals surface area contributed by atoms with E-state index < -0.39 is 10.0 Å². The minimum atomic E-state index is -3.45. The number of piperazine rings is 1. The molecule has 7 nitrogen and oxygen atoms in total. The number of hydrogen-bond donors (Lipinski definition) is 2. The number of H-pyrrole nitrogens is 1. The molecular weight excluding hydrogens is 254 g/mol. The maximum atomic E-state index is 12.5. The summed E-state index contributed by atoms with van der Waals surface area (Å²) in [4.78, 5) is 2.12. The molecule has 1 aromatic rings. The summed E-state index contributed by atoms with van der Waals surface area (Å²) in [5.74, 6) is 0. The van der Waals surface area contributed by atoms with E-state index in [1.165, 1.54) is 4.31 Å². The zero-order valence-electron chi connectivity index (χ0n) is 10.7. The Morgan fingerprint density at radius 1 is 1.39 bits per heavy atom. The van der Waals surface area contributed by atoms with Crippen LogP contribution < -0.4 is 5.32 Å². The third-order valence-corrected chi connectivity index (χ3v) is 5.02. The maximum Gasteiger partial charge on any atom is 0.260 e. The lowest BCUT2D eigenvalue weighted by Crippen LogP contribution is -2.47. The summed E-state index contributed by atoms with van der Waals surface area (Å²) in [6, 6.07) is 0. The summed E-state index contributed by atoms with van der Waals surface area (Å²) in [7, 11) is 0.323. The van der Waals surface area contributed by atoms with Gasteiger partial charge in [0.05, 0.1) is 6.20 Å². The van der Waals surface area contributed by atoms with Crippen LogP contribution in [0, 0.1) is 0 Å². The molecule has 0 saturated carbocycles. The Hall–Kier alpha value is -0.960. The Bertz CT molecular complexity index is 490. The van der Waals surface area contributed by atoms with Crippen molar-refractivity contribution in [2.24, 2.45) is 0 Å². The molecule has 1 aliphatic heterocycles. The van der Waals surface area contributed by atoms with Gasteiger partial charge in [-0.05, 0) is 14.1 Å². The number of nitrogens with zero attached hydrogens (tertiary/aromatic N) is 3. The van der Waals surface area contributed by atoms with E-state index in [2.05, 4.69) is 20.4 Å². The van der Waals surface area contributed by atoms with Gasteiger partial charge in [-0.1, -0.05) is 0 Å². The summed E-state index contributed by atoms with van der Waals surface area (Å²) in [6.07, 6.45) is 1.56. The number of nitrogens with one attached hydrogen (secondary N) is 2. The van der Waals surface area contributed by atoms with E-state index in [0.29, 0.717) is 25.2 Å². The molecule has 8 heteroatoms. The highest BCUT2D eigenvalue weighted by atomic mass is 32.2. The first-order valence-corrected chi connectivity index (χ1v) is 7.35. The predicted octanol–water partition coefficient (Wildman–Crippen LogP) is -0.935. The highest BCUT2D eigenvalue weighted by Crippen LogP contribution is 2.18. The summed E-state index contributed by atoms with van der Waals surface area (Å²) in [5.41, 5.74) is 0.677. The Balaban J connectivity index is 2.22. The molecule has 0 aliphatic carbocycles. The number of rotatable bonds is 4. The molecular formula is C10H19N5O2S. The van der Waals surface area contributed by atoms with Gasteiger partial charge < -0.3 is 10.2 Å². The van der Waals surface area contributed by atoms with Gasteiger partial charge >= 0.3 is 0 Å². The fourth-order valence-electron chi connectivity index (χ4n) is 2.00. The lowest BCUT2D eigenvalue weighted by Gasteiger charge is -2.31. The van der Waals surface area contributed by atoms with E-state index in [9.17, 15) is 8.42 Å². The van der Waals surface area contributed by atoms with Gasteiger partial charge in [0.15, 0.2) is 5.03 Å². The molecule has 0 atom stereocenters. The van der Waals surface area contributed by atoms with Gasteiger partial charge in [0.25, 0.3) is 10.0 Å². The number of aromatic amines is 1. The lowest BCUT2D eigenvalue weighted by atomic mass is 10.4. The second-order valence-electron chi connectivity index (χ2n) is 4.46. The van der Waals surface area contributed by atoms with Gasteiger partial charge in [0.1, 0.15) is 0 Å². The molecule has 0 radical (unpaired) electrons. The molecule has 1 saturated heterocycles. The second kappa shape index (κ2) is 5.35. The van der Waals surface area contributed by atoms with Crippen molar-refractivity contribution in [3.8, 4) is 0 Å². The minimum Gasteiger partial charge on any atom is -0.316 e. The molecule has 2 heterocycles. The van der Waals surface area contributed by atoms with E-state index in [1.54, 1.807) is 13.2 Å². The second-order valence-corrected chi connectivity index (χ2v) is 6.34. The van der Waals surface area contributed by atoms with Gasteiger partial charge in [0.2, 0.25) is 0 Å². The third kappa shape index (κ3) is 2.56. The molecule has 1 fully saturated rings. The smallest absolute Gasteiger partial charge is 0.260 e. The van der Waals surface area contributed by atoms with Crippen LogP contribution in [-0.4, -0.2) is 68.1 Å². The van der Waals surface area contributed by atoms with Crippen LogP contribution in [0.15, 0.2) is 11.2 Å². The molecule has 18 heavy (non-hydrogen) atoms. The van der Waals surface area contributed by atoms with Crippen molar-refractivity contribution >= 4 is 10.0 Å². The SMILES string of the molecule is CNCc1cn[nH]c1S(=O)(=O)N1CCN(C)CC1. The number of aromatic nitrogens is 2. The molecule has 0 bridgehead atoms.